The van der Waals surface area contributed by atoms with Gasteiger partial charge >= 0.3 is 66.6 Å². The second kappa shape index (κ2) is 51.3. The van der Waals surface area contributed by atoms with Crippen molar-refractivity contribution < 1.29 is 171 Å². The molecule has 0 spiro atoms. The number of carboxylic acid groups (broad SMARTS) is 4. The van der Waals surface area contributed by atoms with E-state index in [0.717, 1.165) is 35.2 Å². The number of aromatic nitrogens is 2. The maximum Gasteiger partial charge on any atom is 0.526 e. The van der Waals surface area contributed by atoms with Crippen molar-refractivity contribution in [1.82, 2.24) is 9.97 Å². The van der Waals surface area contributed by atoms with Gasteiger partial charge in [0.1, 0.15) is 137 Å². The zero-order chi connectivity index (χ0) is 104. The number of allylic oxidation sites excluding steroid dienone is 1. The molecule has 738 valence electrons. The summed E-state index contributed by atoms with van der Waals surface area (Å²) in [4.78, 5) is 158. The van der Waals surface area contributed by atoms with E-state index in [1.54, 1.807) is 49.4 Å². The Morgan fingerprint density at radius 3 is 1.18 bits per heavy atom. The zero-order valence-corrected chi connectivity index (χ0v) is 78.2. The summed E-state index contributed by atoms with van der Waals surface area (Å²) in [5.41, 5.74) is 4.65. The molecule has 0 saturated carbocycles. The number of para-hydroxylation sites is 2. The van der Waals surface area contributed by atoms with E-state index in [1.807, 2.05) is 24.3 Å². The van der Waals surface area contributed by atoms with Crippen LogP contribution in [0.15, 0.2) is 119 Å². The van der Waals surface area contributed by atoms with Gasteiger partial charge in [-0.2, -0.15) is 10.5 Å². The fraction of sp³-hybridized carbons (Fsp3) is 0.372. The molecule has 0 aliphatic carbocycles. The van der Waals surface area contributed by atoms with E-state index in [2.05, 4.69) is 9.97 Å². The van der Waals surface area contributed by atoms with Gasteiger partial charge in [0.25, 0.3) is 0 Å². The van der Waals surface area contributed by atoms with Gasteiger partial charge in [0, 0.05) is 137 Å². The van der Waals surface area contributed by atoms with Crippen LogP contribution in [0.4, 0.5) is 13.2 Å². The minimum absolute atomic E-state index is 0.00761. The molecule has 6 aromatic carbocycles. The van der Waals surface area contributed by atoms with Crippen LogP contribution in [-0.2, 0) is 88.3 Å². The van der Waals surface area contributed by atoms with Gasteiger partial charge in [-0.3, -0.25) is 38.4 Å². The van der Waals surface area contributed by atoms with Crippen molar-refractivity contribution in [1.29, 1.82) is 10.5 Å². The average molecular weight is 1970 g/mol. The molecule has 8 aromatic rings. The number of fused-ring (bicyclic) bond motifs is 6. The van der Waals surface area contributed by atoms with Crippen LogP contribution in [0.5, 0.6) is 34.5 Å². The summed E-state index contributed by atoms with van der Waals surface area (Å²) < 4.78 is 105. The highest BCUT2D eigenvalue weighted by Crippen LogP contribution is 2.45. The minimum atomic E-state index is -3.14. The van der Waals surface area contributed by atoms with Gasteiger partial charge in [-0.05, 0) is 167 Å². The third kappa shape index (κ3) is 31.3. The number of carbonyl (C=O) groups is 13. The number of ketones is 9. The van der Waals surface area contributed by atoms with Crippen LogP contribution < -0.4 is 27.9 Å². The molecule has 2 aromatic heterocycles. The van der Waals surface area contributed by atoms with Crippen molar-refractivity contribution in [3.05, 3.63) is 217 Å². The lowest BCUT2D eigenvalue weighted by Crippen LogP contribution is -2.36. The molecule has 6 atom stereocenters. The lowest BCUT2D eigenvalue weighted by molar-refractivity contribution is -0.123. The number of nitriles is 2. The fourth-order valence-corrected chi connectivity index (χ4v) is 17.1. The number of aryl methyl sites for hydroxylation is 2. The maximum absolute atomic E-state index is 13.9. The minimum Gasteiger partial charge on any atom is -0.535 e. The van der Waals surface area contributed by atoms with Crippen molar-refractivity contribution in [2.45, 2.75) is 211 Å². The lowest BCUT2D eigenvalue weighted by atomic mass is 9.64. The van der Waals surface area contributed by atoms with Crippen LogP contribution in [0, 0.1) is 54.0 Å². The lowest BCUT2D eigenvalue weighted by Gasteiger charge is -2.28. The Bertz CT molecular complexity index is 6260. The number of Topliss-reactive ketones (excluding diaryl/α,β-unsaturated/α-hetero) is 8. The zero-order valence-electron chi connectivity index (χ0n) is 77.4. The predicted octanol–water partition coefficient (Wildman–Crippen LogP) is 10.9. The van der Waals surface area contributed by atoms with Crippen LogP contribution >= 0.6 is 0 Å². The fourth-order valence-electron chi connectivity index (χ4n) is 16.4. The normalized spacial score (nSPS) is 16.5. The number of halogens is 3. The van der Waals surface area contributed by atoms with Gasteiger partial charge in [-0.15, -0.1) is 0 Å². The Balaban J connectivity index is 0.000000189. The van der Waals surface area contributed by atoms with Gasteiger partial charge in [0.2, 0.25) is 0 Å². The number of benzene rings is 6. The maximum atomic E-state index is 13.9. The molecule has 141 heavy (non-hydrogen) atoms. The number of carboxylic acids is 4. The van der Waals surface area contributed by atoms with Gasteiger partial charge < -0.3 is 92.1 Å². The summed E-state index contributed by atoms with van der Waals surface area (Å²) in [5.74, 6) is -11.6. The second-order valence-corrected chi connectivity index (χ2v) is 36.8. The SMILES string of the molecule is CC(=O)CCC(=O)C[C@H]1Cc2ccc(F)c(C(=O)O)c2OB1O.CC(=O)c1cccc2c1OB(O)[C@@H](CC(=O)/C=C/c1cocn1)C2.CC(=O)c1cccc2c1OB(O)[C@@H](CC(=O)CCc1cocn1)C2.CS(=O)(=O)CCCC(=O)C[C@H]1Cc2ccc(F)c(C(=O)O)c2OB1O.Cc1c(F)cc2c(c1C(=O)O)OB(O)[C@@H](CC(=O)CCC#N)C2.Cc1ccc2c(c1C(=O)O)OB(O)[C@@H](CC(=O)CCC#N)C2. The van der Waals surface area contributed by atoms with Crippen LogP contribution in [0.3, 0.4) is 0 Å². The number of hydrogen-bond donors (Lipinski definition) is 10. The Labute approximate surface area is 808 Å². The molecular formula is C94H99B6F3N4O33S. The molecule has 0 bridgehead atoms. The molecule has 0 amide bonds. The van der Waals surface area contributed by atoms with Gasteiger partial charge in [-0.1, -0.05) is 48.5 Å². The van der Waals surface area contributed by atoms with E-state index < -0.39 is 128 Å². The van der Waals surface area contributed by atoms with Crippen molar-refractivity contribution in [3.63, 3.8) is 0 Å². The summed E-state index contributed by atoms with van der Waals surface area (Å²) in [7, 11) is -10.8. The topological polar surface area (TPSA) is 613 Å². The first kappa shape index (κ1) is 111. The number of sulfone groups is 1. The quantitative estimate of drug-likeness (QED) is 0.0102. The Morgan fingerprint density at radius 1 is 0.433 bits per heavy atom. The van der Waals surface area contributed by atoms with E-state index in [0.29, 0.717) is 88.2 Å². The van der Waals surface area contributed by atoms with Crippen molar-refractivity contribution >= 4 is 135 Å². The highest BCUT2D eigenvalue weighted by Gasteiger charge is 2.45. The third-order valence-corrected chi connectivity index (χ3v) is 24.7. The monoisotopic (exact) mass is 1970 g/mol. The molecule has 37 nitrogen and oxygen atoms in total. The molecule has 0 fully saturated rings. The largest absolute Gasteiger partial charge is 0.535 e. The first-order valence-corrected chi connectivity index (χ1v) is 46.6. The molecule has 14 rings (SSSR count). The highest BCUT2D eigenvalue weighted by molar-refractivity contribution is 7.90. The molecule has 6 aliphatic rings. The number of hydrogen-bond acceptors (Lipinski definition) is 33. The van der Waals surface area contributed by atoms with Crippen LogP contribution in [0.2, 0.25) is 34.9 Å². The molecule has 0 unspecified atom stereocenters. The number of oxazole rings is 2. The van der Waals surface area contributed by atoms with Crippen LogP contribution in [0.1, 0.15) is 235 Å². The van der Waals surface area contributed by atoms with Crippen LogP contribution in [0.25, 0.3) is 6.08 Å². The number of carbonyl (C=O) groups excluding carboxylic acids is 9. The smallest absolute Gasteiger partial charge is 0.526 e. The molecule has 8 heterocycles. The first-order valence-electron chi connectivity index (χ1n) is 44.5. The molecule has 10 N–H and O–H groups in total. The summed E-state index contributed by atoms with van der Waals surface area (Å²) in [6.45, 7) is 7.30. The van der Waals surface area contributed by atoms with Crippen molar-refractivity contribution in [2.24, 2.45) is 0 Å². The van der Waals surface area contributed by atoms with E-state index in [-0.39, 0.29) is 218 Å². The van der Waals surface area contributed by atoms with Gasteiger partial charge in [-0.25, -0.2) is 50.7 Å². The first-order chi connectivity index (χ1) is 66.7. The Kier molecular flexibility index (Phi) is 40.3. The number of rotatable bonds is 34. The molecule has 0 saturated heterocycles. The third-order valence-electron chi connectivity index (χ3n) is 23.6. The summed E-state index contributed by atoms with van der Waals surface area (Å²) in [6, 6.07) is 23.8. The molecular weight excluding hydrogens is 1870 g/mol. The number of nitrogens with zero attached hydrogens (tertiary/aromatic N) is 4. The second-order valence-electron chi connectivity index (χ2n) is 34.5. The van der Waals surface area contributed by atoms with Crippen LogP contribution in [-0.4, -0.2) is 200 Å². The van der Waals surface area contributed by atoms with E-state index >= 15 is 0 Å². The van der Waals surface area contributed by atoms with Crippen molar-refractivity contribution in [3.8, 4) is 46.6 Å². The van der Waals surface area contributed by atoms with Crippen molar-refractivity contribution in [2.75, 3.05) is 12.0 Å². The molecule has 47 heteroatoms. The molecule has 6 aliphatic heterocycles. The van der Waals surface area contributed by atoms with Gasteiger partial charge in [0.05, 0.1) is 34.7 Å². The van der Waals surface area contributed by atoms with E-state index in [4.69, 9.17) is 57.5 Å². The summed E-state index contributed by atoms with van der Waals surface area (Å²) in [6.07, 6.45) is 13.7. The number of aromatic carboxylic acids is 4. The summed E-state index contributed by atoms with van der Waals surface area (Å²) >= 11 is 0. The molecule has 0 radical (unpaired) electrons. The van der Waals surface area contributed by atoms with Gasteiger partial charge in [0.15, 0.2) is 30.1 Å². The average Bonchev–Trinajstić information content (AvgIpc) is 1.09. The van der Waals surface area contributed by atoms with E-state index in [9.17, 15) is 124 Å². The highest BCUT2D eigenvalue weighted by atomic mass is 32.2. The Hall–Kier alpha value is -13.9. The van der Waals surface area contributed by atoms with E-state index in [1.165, 1.54) is 77.3 Å². The Morgan fingerprint density at radius 2 is 0.794 bits per heavy atom. The summed E-state index contributed by atoms with van der Waals surface area (Å²) in [5, 5.41) is 114. The predicted molar refractivity (Wildman–Crippen MR) is 499 cm³/mol. The standard InChI is InChI=1S/C17H18BNO5.C17H16BNO5.C15H15BFNO5.C15H18BFO7S.C15H16BFO6.C15H16BNO5/c2*1-11(20)16-4-2-3-12-7-13(18(22)24-17(12)16)8-15(21)6-5-14-9-23-10-19-14;1-8-12(17)6-9-5-10(7-11(19)3-2-4-18)16(22)23-14(9)13(8)15(20)21;1-25(22,23)6-2-3-11(18)8-10-7-9-4-5-12(17)13(15(19)20)14(9)24-16(10)21;1-8(18)2-4-11(19)7-10-6-9-3-5-12(17)13(15(20)21)14(9)23-16(10)22;1-9-4-5-10-7-11(8-12(18)3-2-6-17)16(21)22-14(10)13(9)15(19)20/h2-4,9-10,13,22H,5-8H2,1H3;2-6,9-10,13,22H,7-8H2,1H3;6,10,22H,2-3,5,7H2,1H3,(H,20,21);4-5,10,21H,2-3,6-8H2,1H3,(H,19,20);3,5,10,22H,2,4,6-7H2,1H3,(H,20,21);4-5,11,21H,2-3,7-8H2,1H3,(H,19,20)/b;6-5+;;;;/t2*13-;3*10-;11-/m111111/s1.